The summed E-state index contributed by atoms with van der Waals surface area (Å²) in [4.78, 5) is 2.53. The summed E-state index contributed by atoms with van der Waals surface area (Å²) in [6.45, 7) is 11.4. The average molecular weight is 153 g/mol. The molecule has 0 aromatic carbocycles. The van der Waals surface area contributed by atoms with Gasteiger partial charge in [-0.1, -0.05) is 11.6 Å². The topological polar surface area (TPSA) is 3.24 Å². The van der Waals surface area contributed by atoms with Crippen molar-refractivity contribution in [2.24, 2.45) is 0 Å². The van der Waals surface area contributed by atoms with Gasteiger partial charge >= 0.3 is 0 Å². The molecule has 0 aromatic heterocycles. The molecule has 1 heterocycles. The molecule has 64 valence electrons. The summed E-state index contributed by atoms with van der Waals surface area (Å²) in [5, 5.41) is 0. The van der Waals surface area contributed by atoms with Crippen LogP contribution in [0.5, 0.6) is 0 Å². The van der Waals surface area contributed by atoms with Crippen LogP contribution >= 0.6 is 0 Å². The van der Waals surface area contributed by atoms with E-state index in [0.717, 1.165) is 6.54 Å². The van der Waals surface area contributed by atoms with E-state index in [1.54, 1.807) is 0 Å². The molecular weight excluding hydrogens is 134 g/mol. The molecule has 1 rings (SSSR count). The normalized spacial score (nSPS) is 21.6. The third kappa shape index (κ3) is 2.33. The maximum absolute atomic E-state index is 2.53. The molecule has 0 amide bonds. The highest BCUT2D eigenvalue weighted by Gasteiger charge is 2.22. The van der Waals surface area contributed by atoms with E-state index in [2.05, 4.69) is 38.7 Å². The molecule has 0 spiro atoms. The van der Waals surface area contributed by atoms with Gasteiger partial charge in [0.15, 0.2) is 0 Å². The van der Waals surface area contributed by atoms with Gasteiger partial charge in [0, 0.05) is 18.6 Å². The van der Waals surface area contributed by atoms with Crippen LogP contribution in [-0.4, -0.2) is 23.5 Å². The average Bonchev–Trinajstić information content (AvgIpc) is 1.86. The highest BCUT2D eigenvalue weighted by Crippen LogP contribution is 2.19. The van der Waals surface area contributed by atoms with E-state index in [1.165, 1.54) is 18.5 Å². The minimum Gasteiger partial charge on any atom is -0.294 e. The van der Waals surface area contributed by atoms with Crippen LogP contribution in [0.3, 0.4) is 0 Å². The van der Waals surface area contributed by atoms with Crippen LogP contribution in [-0.2, 0) is 0 Å². The number of rotatable bonds is 0. The van der Waals surface area contributed by atoms with Gasteiger partial charge in [0.1, 0.15) is 0 Å². The lowest BCUT2D eigenvalue weighted by molar-refractivity contribution is 0.146. The Balaban J connectivity index is 2.58. The van der Waals surface area contributed by atoms with Crippen LogP contribution in [0.4, 0.5) is 0 Å². The van der Waals surface area contributed by atoms with Crippen molar-refractivity contribution in [1.82, 2.24) is 4.90 Å². The fourth-order valence-corrected chi connectivity index (χ4v) is 1.48. The Morgan fingerprint density at radius 2 is 2.00 bits per heavy atom. The summed E-state index contributed by atoms with van der Waals surface area (Å²) < 4.78 is 0. The molecule has 0 saturated heterocycles. The Hall–Kier alpha value is -0.300. The fourth-order valence-electron chi connectivity index (χ4n) is 1.48. The second-order valence-corrected chi connectivity index (χ2v) is 4.43. The predicted octanol–water partition coefficient (Wildman–Crippen LogP) is 2.44. The van der Waals surface area contributed by atoms with E-state index in [9.17, 15) is 0 Å². The summed E-state index contributed by atoms with van der Waals surface area (Å²) in [7, 11) is 0. The highest BCUT2D eigenvalue weighted by atomic mass is 15.2. The van der Waals surface area contributed by atoms with Gasteiger partial charge < -0.3 is 0 Å². The smallest absolute Gasteiger partial charge is 0.0195 e. The quantitative estimate of drug-likeness (QED) is 0.483. The van der Waals surface area contributed by atoms with Crippen molar-refractivity contribution in [2.75, 3.05) is 13.1 Å². The molecule has 0 aliphatic carbocycles. The lowest BCUT2D eigenvalue weighted by Crippen LogP contribution is -2.44. The van der Waals surface area contributed by atoms with Crippen LogP contribution < -0.4 is 0 Å². The molecule has 0 radical (unpaired) electrons. The first-order valence-electron chi connectivity index (χ1n) is 4.41. The molecule has 0 aromatic rings. The molecule has 0 unspecified atom stereocenters. The monoisotopic (exact) mass is 153 g/mol. The number of hydrogen-bond donors (Lipinski definition) is 0. The van der Waals surface area contributed by atoms with Crippen molar-refractivity contribution in [3.05, 3.63) is 11.6 Å². The van der Waals surface area contributed by atoms with Gasteiger partial charge in [-0.25, -0.2) is 0 Å². The summed E-state index contributed by atoms with van der Waals surface area (Å²) in [6.07, 6.45) is 3.57. The van der Waals surface area contributed by atoms with Crippen LogP contribution in [0.15, 0.2) is 11.6 Å². The molecular formula is C10H19N. The first-order chi connectivity index (χ1) is 5.00. The van der Waals surface area contributed by atoms with Gasteiger partial charge in [0.05, 0.1) is 0 Å². The molecule has 1 aliphatic rings. The second kappa shape index (κ2) is 2.98. The largest absolute Gasteiger partial charge is 0.294 e. The number of hydrogen-bond acceptors (Lipinski definition) is 1. The minimum absolute atomic E-state index is 0.343. The van der Waals surface area contributed by atoms with Crippen molar-refractivity contribution < 1.29 is 0 Å². The molecule has 1 nitrogen and oxygen atoms in total. The van der Waals surface area contributed by atoms with Gasteiger partial charge in [-0.15, -0.1) is 0 Å². The van der Waals surface area contributed by atoms with Crippen molar-refractivity contribution >= 4 is 0 Å². The third-order valence-electron chi connectivity index (χ3n) is 2.28. The molecule has 0 bridgehead atoms. The SMILES string of the molecule is CC1=CCCN(C(C)(C)C)C1. The fraction of sp³-hybridized carbons (Fsp3) is 0.800. The minimum atomic E-state index is 0.343. The summed E-state index contributed by atoms with van der Waals surface area (Å²) >= 11 is 0. The van der Waals surface area contributed by atoms with E-state index in [0.29, 0.717) is 5.54 Å². The lowest BCUT2D eigenvalue weighted by atomic mass is 10.0. The Bertz CT molecular complexity index is 162. The van der Waals surface area contributed by atoms with Crippen LogP contribution in [0, 0.1) is 0 Å². The Morgan fingerprint density at radius 1 is 1.36 bits per heavy atom. The zero-order chi connectivity index (χ0) is 8.48. The maximum atomic E-state index is 2.53. The summed E-state index contributed by atoms with van der Waals surface area (Å²) in [6, 6.07) is 0. The zero-order valence-electron chi connectivity index (χ0n) is 8.15. The van der Waals surface area contributed by atoms with Gasteiger partial charge in [0.25, 0.3) is 0 Å². The van der Waals surface area contributed by atoms with E-state index >= 15 is 0 Å². The summed E-state index contributed by atoms with van der Waals surface area (Å²) in [5.74, 6) is 0. The molecule has 0 saturated carbocycles. The van der Waals surface area contributed by atoms with E-state index in [-0.39, 0.29) is 0 Å². The van der Waals surface area contributed by atoms with Crippen molar-refractivity contribution in [2.45, 2.75) is 39.7 Å². The van der Waals surface area contributed by atoms with Crippen molar-refractivity contribution in [1.29, 1.82) is 0 Å². The van der Waals surface area contributed by atoms with Gasteiger partial charge in [-0.3, -0.25) is 4.90 Å². The van der Waals surface area contributed by atoms with E-state index in [4.69, 9.17) is 0 Å². The van der Waals surface area contributed by atoms with Crippen molar-refractivity contribution in [3.63, 3.8) is 0 Å². The standard InChI is InChI=1S/C10H19N/c1-9-6-5-7-11(8-9)10(2,3)4/h6H,5,7-8H2,1-4H3. The Labute approximate surface area is 70.1 Å². The highest BCUT2D eigenvalue weighted by molar-refractivity contribution is 5.06. The van der Waals surface area contributed by atoms with Crippen LogP contribution in [0.1, 0.15) is 34.1 Å². The third-order valence-corrected chi connectivity index (χ3v) is 2.28. The van der Waals surface area contributed by atoms with Gasteiger partial charge in [-0.05, 0) is 34.1 Å². The molecule has 0 N–H and O–H groups in total. The molecule has 1 aliphatic heterocycles. The van der Waals surface area contributed by atoms with Gasteiger partial charge in [-0.2, -0.15) is 0 Å². The molecule has 0 fully saturated rings. The predicted molar refractivity (Wildman–Crippen MR) is 49.7 cm³/mol. The van der Waals surface area contributed by atoms with Crippen LogP contribution in [0.25, 0.3) is 0 Å². The first-order valence-corrected chi connectivity index (χ1v) is 4.41. The summed E-state index contributed by atoms with van der Waals surface area (Å²) in [5.41, 5.74) is 1.86. The van der Waals surface area contributed by atoms with Crippen molar-refractivity contribution in [3.8, 4) is 0 Å². The first kappa shape index (κ1) is 8.79. The van der Waals surface area contributed by atoms with Gasteiger partial charge in [0.2, 0.25) is 0 Å². The zero-order valence-corrected chi connectivity index (χ0v) is 8.15. The maximum Gasteiger partial charge on any atom is 0.0195 e. The second-order valence-electron chi connectivity index (χ2n) is 4.43. The van der Waals surface area contributed by atoms with Crippen LogP contribution in [0.2, 0.25) is 0 Å². The number of nitrogens with zero attached hydrogens (tertiary/aromatic N) is 1. The molecule has 0 atom stereocenters. The van der Waals surface area contributed by atoms with E-state index < -0.39 is 0 Å². The van der Waals surface area contributed by atoms with E-state index in [1.807, 2.05) is 0 Å². The Kier molecular flexibility index (Phi) is 2.38. The molecule has 1 heteroatoms. The molecule has 11 heavy (non-hydrogen) atoms. The lowest BCUT2D eigenvalue weighted by Gasteiger charge is -2.37. The Morgan fingerprint density at radius 3 is 2.36 bits per heavy atom.